The lowest BCUT2D eigenvalue weighted by atomic mass is 10.1. The van der Waals surface area contributed by atoms with Crippen LogP contribution in [0.4, 0.5) is 17.1 Å². The third kappa shape index (κ3) is 5.77. The summed E-state index contributed by atoms with van der Waals surface area (Å²) >= 11 is 6.33. The molecule has 14 heteroatoms. The quantitative estimate of drug-likeness (QED) is 0.411. The molecule has 0 aliphatic carbocycles. The highest BCUT2D eigenvalue weighted by Crippen LogP contribution is 2.29. The number of nitrogens with one attached hydrogen (secondary N) is 2. The summed E-state index contributed by atoms with van der Waals surface area (Å²) in [6.45, 7) is 3.13. The summed E-state index contributed by atoms with van der Waals surface area (Å²) in [5.74, 6) is -1.80. The predicted molar refractivity (Wildman–Crippen MR) is 143 cm³/mol. The predicted octanol–water partition coefficient (Wildman–Crippen LogP) is 1.82. The third-order valence-electron chi connectivity index (χ3n) is 6.37. The lowest BCUT2D eigenvalue weighted by molar-refractivity contribution is -0.155. The molecular weight excluding hydrogens is 546 g/mol. The number of H-pyrrole nitrogens is 1. The number of benzene rings is 2. The highest BCUT2D eigenvalue weighted by molar-refractivity contribution is 6.33. The zero-order valence-corrected chi connectivity index (χ0v) is 22.2. The number of morpholine rings is 2. The van der Waals surface area contributed by atoms with Crippen molar-refractivity contribution in [3.63, 3.8) is 0 Å². The van der Waals surface area contributed by atoms with Gasteiger partial charge in [0.1, 0.15) is 6.61 Å². The first-order valence-electron chi connectivity index (χ1n) is 12.5. The number of amides is 3. The van der Waals surface area contributed by atoms with E-state index in [1.807, 2.05) is 0 Å². The second kappa shape index (κ2) is 12.0. The summed E-state index contributed by atoms with van der Waals surface area (Å²) in [5.41, 5.74) is 1.95. The summed E-state index contributed by atoms with van der Waals surface area (Å²) in [6.07, 6.45) is -2.47. The number of carbonyl (C=O) groups is 3. The van der Waals surface area contributed by atoms with Crippen LogP contribution in [0.15, 0.2) is 51.8 Å². The van der Waals surface area contributed by atoms with E-state index < -0.39 is 29.8 Å². The van der Waals surface area contributed by atoms with E-state index in [-0.39, 0.29) is 43.1 Å². The summed E-state index contributed by atoms with van der Waals surface area (Å²) in [7, 11) is 0. The van der Waals surface area contributed by atoms with E-state index in [0.29, 0.717) is 35.8 Å². The van der Waals surface area contributed by atoms with Gasteiger partial charge in [0, 0.05) is 42.3 Å². The first-order chi connectivity index (χ1) is 19.4. The van der Waals surface area contributed by atoms with E-state index in [2.05, 4.69) is 20.0 Å². The molecule has 0 radical (unpaired) electrons. The number of nitrogens with zero attached hydrogens (tertiary/aromatic N) is 3. The zero-order chi connectivity index (χ0) is 28.2. The molecule has 0 bridgehead atoms. The summed E-state index contributed by atoms with van der Waals surface area (Å²) in [5, 5.41) is 6.52. The van der Waals surface area contributed by atoms with Crippen LogP contribution in [-0.4, -0.2) is 79.6 Å². The fourth-order valence-corrected chi connectivity index (χ4v) is 4.79. The number of carbonyl (C=O) groups excluding carboxylic acids is 3. The molecule has 0 saturated carbocycles. The van der Waals surface area contributed by atoms with Crippen molar-refractivity contribution in [2.75, 3.05) is 54.6 Å². The molecule has 3 amide bonds. The number of hydrogen-bond donors (Lipinski definition) is 2. The molecule has 2 aliphatic rings. The Morgan fingerprint density at radius 2 is 1.93 bits per heavy atom. The second-order valence-corrected chi connectivity index (χ2v) is 9.31. The minimum absolute atomic E-state index is 0.00159. The highest BCUT2D eigenvalue weighted by Gasteiger charge is 2.41. The van der Waals surface area contributed by atoms with E-state index in [0.717, 1.165) is 0 Å². The van der Waals surface area contributed by atoms with E-state index >= 15 is 0 Å². The molecule has 1 aromatic heterocycles. The van der Waals surface area contributed by atoms with Gasteiger partial charge in [-0.3, -0.25) is 23.9 Å². The largest absolute Gasteiger partial charge is 0.439 e. The Balaban J connectivity index is 1.33. The fraction of sp³-hybridized carbons (Fsp3) is 0.346. The van der Waals surface area contributed by atoms with Crippen molar-refractivity contribution < 1.29 is 33.1 Å². The van der Waals surface area contributed by atoms with Gasteiger partial charge in [-0.15, -0.1) is 0 Å². The molecule has 40 heavy (non-hydrogen) atoms. The molecule has 5 rings (SSSR count). The molecule has 3 aromatic rings. The minimum atomic E-state index is -1.25. The molecule has 0 unspecified atom stereocenters. The number of aromatic amines is 1. The molecule has 13 nitrogen and oxygen atoms in total. The Morgan fingerprint density at radius 3 is 2.62 bits per heavy atom. The van der Waals surface area contributed by atoms with Crippen LogP contribution in [0.3, 0.4) is 0 Å². The fourth-order valence-electron chi connectivity index (χ4n) is 4.52. The molecule has 3 heterocycles. The highest BCUT2D eigenvalue weighted by atomic mass is 35.5. The Labute approximate surface area is 232 Å². The molecule has 2 atom stereocenters. The number of rotatable bonds is 8. The molecule has 2 aliphatic heterocycles. The van der Waals surface area contributed by atoms with Crippen LogP contribution in [0.2, 0.25) is 5.02 Å². The lowest BCUT2D eigenvalue weighted by Crippen LogP contribution is -2.56. The molecule has 2 fully saturated rings. The van der Waals surface area contributed by atoms with Crippen molar-refractivity contribution >= 4 is 46.4 Å². The van der Waals surface area contributed by atoms with Gasteiger partial charge in [-0.25, -0.2) is 4.79 Å². The summed E-state index contributed by atoms with van der Waals surface area (Å²) in [4.78, 5) is 56.0. The Bertz CT molecular complexity index is 1470. The Morgan fingerprint density at radius 1 is 1.15 bits per heavy atom. The SMILES string of the molecule is CCO[C@@H](C(=O)Nc1ccc(-c2noc(=O)[nH]2)c(Cl)c1)[C@H]1OCCN(c2cccc(N3CCOCC3=O)c2)C1=O. The molecular formula is C26H26ClN5O8. The van der Waals surface area contributed by atoms with Crippen molar-refractivity contribution in [1.82, 2.24) is 10.1 Å². The molecule has 210 valence electrons. The monoisotopic (exact) mass is 571 g/mol. The topological polar surface area (TPSA) is 156 Å². The van der Waals surface area contributed by atoms with Crippen molar-refractivity contribution in [2.45, 2.75) is 19.1 Å². The van der Waals surface area contributed by atoms with Gasteiger partial charge in [-0.1, -0.05) is 22.8 Å². The van der Waals surface area contributed by atoms with Crippen LogP contribution >= 0.6 is 11.6 Å². The van der Waals surface area contributed by atoms with Gasteiger partial charge in [0.05, 0.1) is 18.2 Å². The van der Waals surface area contributed by atoms with Crippen LogP contribution in [0.5, 0.6) is 0 Å². The summed E-state index contributed by atoms with van der Waals surface area (Å²) < 4.78 is 21.1. The Kier molecular flexibility index (Phi) is 8.26. The maximum absolute atomic E-state index is 13.6. The van der Waals surface area contributed by atoms with Crippen LogP contribution in [0.1, 0.15) is 6.92 Å². The first kappa shape index (κ1) is 27.5. The second-order valence-electron chi connectivity index (χ2n) is 8.90. The van der Waals surface area contributed by atoms with E-state index in [1.54, 1.807) is 48.2 Å². The standard InChI is InChI=1S/C26H26ClN5O8/c1-2-38-21(24(34)28-15-6-7-18(19(27)12-15)23-29-26(36)40-30-23)22-25(35)32(9-11-39-22)17-5-3-4-16(13-17)31-8-10-37-14-20(31)33/h3-7,12-13,21-22H,2,8-11,14H2,1H3,(H,28,34)(H,29,30,36)/t21-,22-/m1/s1. The van der Waals surface area contributed by atoms with Crippen molar-refractivity contribution in [1.29, 1.82) is 0 Å². The van der Waals surface area contributed by atoms with E-state index in [1.165, 1.54) is 11.0 Å². The average molecular weight is 572 g/mol. The smallest absolute Gasteiger partial charge is 0.370 e. The molecule has 0 spiro atoms. The van der Waals surface area contributed by atoms with Crippen LogP contribution in [-0.2, 0) is 28.6 Å². The van der Waals surface area contributed by atoms with Crippen LogP contribution < -0.4 is 20.9 Å². The van der Waals surface area contributed by atoms with Crippen molar-refractivity contribution in [2.24, 2.45) is 0 Å². The van der Waals surface area contributed by atoms with E-state index in [4.69, 9.17) is 25.8 Å². The summed E-state index contributed by atoms with van der Waals surface area (Å²) in [6, 6.07) is 11.7. The molecule has 2 N–H and O–H groups in total. The van der Waals surface area contributed by atoms with Gasteiger partial charge in [0.25, 0.3) is 17.7 Å². The number of hydrogen-bond acceptors (Lipinski definition) is 9. The normalized spacial score (nSPS) is 18.6. The zero-order valence-electron chi connectivity index (χ0n) is 21.4. The van der Waals surface area contributed by atoms with Gasteiger partial charge in [-0.2, -0.15) is 0 Å². The van der Waals surface area contributed by atoms with Crippen LogP contribution in [0.25, 0.3) is 11.4 Å². The van der Waals surface area contributed by atoms with Crippen LogP contribution in [0, 0.1) is 0 Å². The number of ether oxygens (including phenoxy) is 3. The maximum Gasteiger partial charge on any atom is 0.439 e. The molecule has 2 aromatic carbocycles. The van der Waals surface area contributed by atoms with Crippen molar-refractivity contribution in [3.05, 3.63) is 58.0 Å². The van der Waals surface area contributed by atoms with E-state index in [9.17, 15) is 19.2 Å². The van der Waals surface area contributed by atoms with Gasteiger partial charge in [-0.05, 0) is 43.3 Å². The van der Waals surface area contributed by atoms with Crippen molar-refractivity contribution in [3.8, 4) is 11.4 Å². The van der Waals surface area contributed by atoms with Gasteiger partial charge >= 0.3 is 5.76 Å². The average Bonchev–Trinajstić information content (AvgIpc) is 3.38. The maximum atomic E-state index is 13.6. The Hall–Kier alpha value is -4.04. The minimum Gasteiger partial charge on any atom is -0.370 e. The lowest BCUT2D eigenvalue weighted by Gasteiger charge is -2.36. The van der Waals surface area contributed by atoms with Gasteiger partial charge in [0.15, 0.2) is 18.0 Å². The molecule has 2 saturated heterocycles. The van der Waals surface area contributed by atoms with Gasteiger partial charge < -0.3 is 29.3 Å². The third-order valence-corrected chi connectivity index (χ3v) is 6.69. The number of halogens is 1. The number of aromatic nitrogens is 2. The number of anilines is 3. The van der Waals surface area contributed by atoms with Gasteiger partial charge in [0.2, 0.25) is 0 Å². The first-order valence-corrected chi connectivity index (χ1v) is 12.9.